The first-order chi connectivity index (χ1) is 6.86. The van der Waals surface area contributed by atoms with Crippen molar-refractivity contribution in [2.24, 2.45) is 0 Å². The summed E-state index contributed by atoms with van der Waals surface area (Å²) in [5.41, 5.74) is 0.411. The summed E-state index contributed by atoms with van der Waals surface area (Å²) in [5.74, 6) is 0. The highest BCUT2D eigenvalue weighted by molar-refractivity contribution is 7.91. The monoisotopic (exact) mass is 266 g/mol. The van der Waals surface area contributed by atoms with Crippen molar-refractivity contribution in [2.75, 3.05) is 0 Å². The van der Waals surface area contributed by atoms with E-state index in [2.05, 4.69) is 16.3 Å². The van der Waals surface area contributed by atoms with Crippen LogP contribution < -0.4 is 4.72 Å². The Morgan fingerprint density at radius 1 is 1.67 bits per heavy atom. The second-order valence-corrected chi connectivity index (χ2v) is 6.48. The fourth-order valence-electron chi connectivity index (χ4n) is 0.946. The number of nitrogens with zero attached hydrogens (tertiary/aromatic N) is 1. The summed E-state index contributed by atoms with van der Waals surface area (Å²) in [5, 5.41) is 0. The van der Waals surface area contributed by atoms with E-state index >= 15 is 0 Å². The second-order valence-electron chi connectivity index (χ2n) is 2.99. The minimum atomic E-state index is -3.53. The number of hydrogen-bond acceptors (Lipinski definition) is 4. The van der Waals surface area contributed by atoms with E-state index in [4.69, 9.17) is 11.6 Å². The van der Waals surface area contributed by atoms with Crippen molar-refractivity contribution in [2.45, 2.75) is 24.1 Å². The molecule has 0 saturated heterocycles. The van der Waals surface area contributed by atoms with Gasteiger partial charge in [0.2, 0.25) is 0 Å². The molecule has 84 valence electrons. The quantitative estimate of drug-likeness (QED) is 0.848. The topological polar surface area (TPSA) is 59.1 Å². The number of rotatable bonds is 4. The van der Waals surface area contributed by atoms with Crippen LogP contribution in [0.1, 0.15) is 12.6 Å². The van der Waals surface area contributed by atoms with Crippen molar-refractivity contribution in [1.82, 2.24) is 9.71 Å². The van der Waals surface area contributed by atoms with Crippen LogP contribution in [0.2, 0.25) is 4.47 Å². The van der Waals surface area contributed by atoms with Crippen LogP contribution in [-0.2, 0) is 10.0 Å². The summed E-state index contributed by atoms with van der Waals surface area (Å²) in [4.78, 5) is 3.85. The highest BCUT2D eigenvalue weighted by Crippen LogP contribution is 2.26. The summed E-state index contributed by atoms with van der Waals surface area (Å²) in [6.45, 7) is 6.80. The van der Waals surface area contributed by atoms with E-state index in [1.807, 2.05) is 0 Å². The van der Waals surface area contributed by atoms with Gasteiger partial charge in [-0.2, -0.15) is 0 Å². The van der Waals surface area contributed by atoms with E-state index in [-0.39, 0.29) is 14.7 Å². The molecule has 1 N–H and O–H groups in total. The van der Waals surface area contributed by atoms with Gasteiger partial charge < -0.3 is 0 Å². The Hall–Kier alpha value is -0.430. The molecule has 0 spiro atoms. The Labute approximate surface area is 98.0 Å². The smallest absolute Gasteiger partial charge is 0.229 e. The minimum absolute atomic E-state index is 0.154. The van der Waals surface area contributed by atoms with Crippen LogP contribution in [0.15, 0.2) is 16.9 Å². The lowest BCUT2D eigenvalue weighted by Gasteiger charge is -2.08. The third-order valence-electron chi connectivity index (χ3n) is 1.67. The van der Waals surface area contributed by atoms with Gasteiger partial charge in [0.1, 0.15) is 0 Å². The molecule has 4 nitrogen and oxygen atoms in total. The number of nitrogens with one attached hydrogen (secondary N) is 1. The lowest BCUT2D eigenvalue weighted by atomic mass is 10.4. The molecule has 1 heterocycles. The molecule has 15 heavy (non-hydrogen) atoms. The Balaban J connectivity index is 3.06. The van der Waals surface area contributed by atoms with E-state index in [0.29, 0.717) is 5.69 Å². The van der Waals surface area contributed by atoms with Gasteiger partial charge in [0, 0.05) is 6.04 Å². The summed E-state index contributed by atoms with van der Waals surface area (Å²) < 4.78 is 26.4. The number of aromatic nitrogens is 1. The molecule has 0 fully saturated rings. The van der Waals surface area contributed by atoms with Crippen LogP contribution in [-0.4, -0.2) is 19.4 Å². The molecule has 0 aromatic carbocycles. The van der Waals surface area contributed by atoms with Crippen molar-refractivity contribution in [3.8, 4) is 0 Å². The lowest BCUT2D eigenvalue weighted by Crippen LogP contribution is -2.30. The number of thiazole rings is 1. The molecule has 1 unspecified atom stereocenters. The maximum absolute atomic E-state index is 11.8. The highest BCUT2D eigenvalue weighted by atomic mass is 35.5. The first-order valence-corrected chi connectivity index (χ1v) is 6.82. The van der Waals surface area contributed by atoms with Gasteiger partial charge in [-0.3, -0.25) is 0 Å². The van der Waals surface area contributed by atoms with Gasteiger partial charge in [-0.15, -0.1) is 6.58 Å². The molecule has 1 atom stereocenters. The van der Waals surface area contributed by atoms with Crippen LogP contribution >= 0.6 is 22.9 Å². The molecule has 0 radical (unpaired) electrons. The summed E-state index contributed by atoms with van der Waals surface area (Å²) in [7, 11) is -3.53. The van der Waals surface area contributed by atoms with Crippen molar-refractivity contribution in [1.29, 1.82) is 0 Å². The fraction of sp³-hybridized carbons (Fsp3) is 0.375. The van der Waals surface area contributed by atoms with Crippen molar-refractivity contribution in [3.63, 3.8) is 0 Å². The summed E-state index contributed by atoms with van der Waals surface area (Å²) >= 11 is 6.58. The second kappa shape index (κ2) is 4.61. The van der Waals surface area contributed by atoms with E-state index in [1.165, 1.54) is 6.08 Å². The maximum Gasteiger partial charge on any atom is 0.252 e. The van der Waals surface area contributed by atoms with E-state index in [0.717, 1.165) is 11.3 Å². The minimum Gasteiger partial charge on any atom is -0.229 e. The van der Waals surface area contributed by atoms with Crippen LogP contribution in [0.3, 0.4) is 0 Å². The third kappa shape index (κ3) is 3.01. The largest absolute Gasteiger partial charge is 0.252 e. The van der Waals surface area contributed by atoms with Crippen LogP contribution in [0.4, 0.5) is 0 Å². The highest BCUT2D eigenvalue weighted by Gasteiger charge is 2.22. The van der Waals surface area contributed by atoms with Gasteiger partial charge in [-0.05, 0) is 13.8 Å². The van der Waals surface area contributed by atoms with Gasteiger partial charge in [0.25, 0.3) is 10.0 Å². The molecule has 0 aliphatic heterocycles. The lowest BCUT2D eigenvalue weighted by molar-refractivity contribution is 0.577. The molecule has 0 bridgehead atoms. The van der Waals surface area contributed by atoms with Crippen molar-refractivity contribution >= 4 is 33.0 Å². The van der Waals surface area contributed by atoms with E-state index < -0.39 is 10.0 Å². The predicted molar refractivity (Wildman–Crippen MR) is 61.8 cm³/mol. The molecule has 1 aromatic rings. The first kappa shape index (κ1) is 12.6. The molecule has 0 aliphatic carbocycles. The summed E-state index contributed by atoms with van der Waals surface area (Å²) in [6, 6.07) is -0.324. The van der Waals surface area contributed by atoms with Crippen LogP contribution in [0.25, 0.3) is 0 Å². The number of aryl methyl sites for hydroxylation is 1. The molecule has 0 amide bonds. The maximum atomic E-state index is 11.8. The molecular formula is C8H11ClN2O2S2. The number of hydrogen-bond donors (Lipinski definition) is 1. The molecule has 7 heteroatoms. The van der Waals surface area contributed by atoms with Gasteiger partial charge in [0.05, 0.1) is 5.69 Å². The number of halogens is 1. The molecule has 0 saturated carbocycles. The van der Waals surface area contributed by atoms with Crippen molar-refractivity contribution < 1.29 is 8.42 Å². The zero-order valence-corrected chi connectivity index (χ0v) is 10.7. The first-order valence-electron chi connectivity index (χ1n) is 4.14. The van der Waals surface area contributed by atoms with Gasteiger partial charge in [-0.25, -0.2) is 18.1 Å². The third-order valence-corrected chi connectivity index (χ3v) is 5.10. The molecule has 1 rings (SSSR count). The van der Waals surface area contributed by atoms with Gasteiger partial charge in [0.15, 0.2) is 8.68 Å². The normalized spacial score (nSPS) is 13.8. The molecular weight excluding hydrogens is 256 g/mol. The SMILES string of the molecule is C=CC(C)NS(=O)(=O)c1sc(Cl)nc1C. The Kier molecular flexibility index (Phi) is 3.88. The average Bonchev–Trinajstić information content (AvgIpc) is 2.45. The van der Waals surface area contributed by atoms with Crippen molar-refractivity contribution in [3.05, 3.63) is 22.8 Å². The Morgan fingerprint density at radius 3 is 2.67 bits per heavy atom. The van der Waals surface area contributed by atoms with E-state index in [9.17, 15) is 8.42 Å². The predicted octanol–water partition coefficient (Wildman–Crippen LogP) is 1.96. The molecule has 0 aliphatic rings. The van der Waals surface area contributed by atoms with Crippen LogP contribution in [0, 0.1) is 6.92 Å². The summed E-state index contributed by atoms with van der Waals surface area (Å²) in [6.07, 6.45) is 1.51. The zero-order chi connectivity index (χ0) is 11.6. The Morgan fingerprint density at radius 2 is 2.27 bits per heavy atom. The standard InChI is InChI=1S/C8H11ClN2O2S2/c1-4-5(2)11-15(12,13)7-6(3)10-8(9)14-7/h4-5,11H,1H2,2-3H3. The average molecular weight is 267 g/mol. The van der Waals surface area contributed by atoms with Crippen LogP contribution in [0.5, 0.6) is 0 Å². The van der Waals surface area contributed by atoms with Gasteiger partial charge in [-0.1, -0.05) is 29.0 Å². The van der Waals surface area contributed by atoms with Gasteiger partial charge >= 0.3 is 0 Å². The zero-order valence-electron chi connectivity index (χ0n) is 8.32. The fourth-order valence-corrected chi connectivity index (χ4v) is 3.92. The van der Waals surface area contributed by atoms with E-state index in [1.54, 1.807) is 13.8 Å². The number of sulfonamides is 1. The Bertz CT molecular complexity index is 467. The molecule has 1 aromatic heterocycles.